The highest BCUT2D eigenvalue weighted by molar-refractivity contribution is 7.98. The van der Waals surface area contributed by atoms with Gasteiger partial charge in [0.15, 0.2) is 11.8 Å². The summed E-state index contributed by atoms with van der Waals surface area (Å²) in [5, 5.41) is 10.3. The summed E-state index contributed by atoms with van der Waals surface area (Å²) < 4.78 is 4.96. The number of thioether (sulfide) groups is 1. The normalized spacial score (nSPS) is 11.6. The summed E-state index contributed by atoms with van der Waals surface area (Å²) in [5.74, 6) is 1.92. The van der Waals surface area contributed by atoms with Gasteiger partial charge in [-0.2, -0.15) is 4.98 Å². The molecule has 7 heteroatoms. The third-order valence-electron chi connectivity index (χ3n) is 3.18. The zero-order valence-electron chi connectivity index (χ0n) is 14.0. The Morgan fingerprint density at radius 2 is 2.13 bits per heavy atom. The second kappa shape index (κ2) is 8.57. The molecule has 124 valence electrons. The first-order valence-corrected chi connectivity index (χ1v) is 8.79. The lowest BCUT2D eigenvalue weighted by atomic mass is 10.1. The Balaban J connectivity index is 2.03. The topological polar surface area (TPSA) is 75.3 Å². The van der Waals surface area contributed by atoms with Crippen molar-refractivity contribution in [2.24, 2.45) is 4.99 Å². The van der Waals surface area contributed by atoms with E-state index in [1.807, 2.05) is 6.92 Å². The van der Waals surface area contributed by atoms with E-state index in [0.29, 0.717) is 24.8 Å². The van der Waals surface area contributed by atoms with E-state index in [9.17, 15) is 0 Å². The van der Waals surface area contributed by atoms with Crippen LogP contribution in [0.15, 0.2) is 32.6 Å². The summed E-state index contributed by atoms with van der Waals surface area (Å²) >= 11 is 1.75. The Morgan fingerprint density at radius 3 is 2.78 bits per heavy atom. The maximum absolute atomic E-state index is 4.96. The molecule has 0 bridgehead atoms. The minimum absolute atomic E-state index is 0.479. The Hall–Kier alpha value is -2.02. The molecular formula is C16H23N5OS. The van der Waals surface area contributed by atoms with Crippen molar-refractivity contribution in [3.8, 4) is 0 Å². The van der Waals surface area contributed by atoms with Gasteiger partial charge in [0.25, 0.3) is 0 Å². The number of hydrogen-bond acceptors (Lipinski definition) is 5. The van der Waals surface area contributed by atoms with Crippen molar-refractivity contribution in [1.29, 1.82) is 0 Å². The van der Waals surface area contributed by atoms with Crippen molar-refractivity contribution in [1.82, 2.24) is 20.8 Å². The number of rotatable bonds is 6. The van der Waals surface area contributed by atoms with Crippen LogP contribution in [0.3, 0.4) is 0 Å². The molecule has 2 N–H and O–H groups in total. The van der Waals surface area contributed by atoms with Crippen LogP contribution in [0.4, 0.5) is 0 Å². The van der Waals surface area contributed by atoms with Gasteiger partial charge in [-0.15, -0.1) is 11.8 Å². The zero-order valence-corrected chi connectivity index (χ0v) is 14.8. The molecule has 0 aliphatic carbocycles. The van der Waals surface area contributed by atoms with Gasteiger partial charge in [-0.1, -0.05) is 17.3 Å². The molecule has 0 aliphatic rings. The lowest BCUT2D eigenvalue weighted by Crippen LogP contribution is -2.37. The van der Waals surface area contributed by atoms with Gasteiger partial charge < -0.3 is 15.2 Å². The lowest BCUT2D eigenvalue weighted by molar-refractivity contribution is 0.387. The van der Waals surface area contributed by atoms with E-state index in [-0.39, 0.29) is 0 Å². The zero-order chi connectivity index (χ0) is 16.7. The standard InChI is InChI=1S/C16H23N5OS/c1-5-17-16(19-10-15-20-12(3)22-21-15)18-9-13-7-6-11(2)8-14(13)23-4/h6-8H,5,9-10H2,1-4H3,(H2,17,18,19). The highest BCUT2D eigenvalue weighted by Gasteiger charge is 2.05. The SMILES string of the molecule is CCNC(=NCc1ccc(C)cc1SC)NCc1noc(C)n1. The number of nitrogens with zero attached hydrogens (tertiary/aromatic N) is 3. The summed E-state index contributed by atoms with van der Waals surface area (Å²) in [4.78, 5) is 10.1. The van der Waals surface area contributed by atoms with Crippen molar-refractivity contribution < 1.29 is 4.52 Å². The minimum Gasteiger partial charge on any atom is -0.357 e. The molecule has 1 heterocycles. The first-order chi connectivity index (χ1) is 11.1. The average Bonchev–Trinajstić information content (AvgIpc) is 2.96. The molecule has 0 unspecified atom stereocenters. The van der Waals surface area contributed by atoms with Crippen molar-refractivity contribution >= 4 is 17.7 Å². The van der Waals surface area contributed by atoms with Crippen molar-refractivity contribution in [2.45, 2.75) is 38.8 Å². The minimum atomic E-state index is 0.479. The molecule has 1 aromatic carbocycles. The molecule has 0 amide bonds. The number of hydrogen-bond donors (Lipinski definition) is 2. The van der Waals surface area contributed by atoms with Crippen LogP contribution in [0.1, 0.15) is 29.8 Å². The molecular weight excluding hydrogens is 310 g/mol. The fourth-order valence-electron chi connectivity index (χ4n) is 2.06. The van der Waals surface area contributed by atoms with E-state index in [0.717, 1.165) is 12.5 Å². The molecule has 0 saturated heterocycles. The van der Waals surface area contributed by atoms with Crippen LogP contribution >= 0.6 is 11.8 Å². The maximum Gasteiger partial charge on any atom is 0.223 e. The van der Waals surface area contributed by atoms with Gasteiger partial charge in [-0.25, -0.2) is 4.99 Å². The molecule has 0 aliphatic heterocycles. The van der Waals surface area contributed by atoms with E-state index in [1.54, 1.807) is 18.7 Å². The summed E-state index contributed by atoms with van der Waals surface area (Å²) in [5.41, 5.74) is 2.48. The van der Waals surface area contributed by atoms with Crippen LogP contribution in [-0.2, 0) is 13.1 Å². The highest BCUT2D eigenvalue weighted by Crippen LogP contribution is 2.22. The van der Waals surface area contributed by atoms with Gasteiger partial charge in [-0.05, 0) is 37.3 Å². The second-order valence-electron chi connectivity index (χ2n) is 5.09. The largest absolute Gasteiger partial charge is 0.357 e. The number of guanidine groups is 1. The molecule has 6 nitrogen and oxygen atoms in total. The molecule has 0 radical (unpaired) electrons. The first kappa shape index (κ1) is 17.3. The van der Waals surface area contributed by atoms with Crippen LogP contribution in [0, 0.1) is 13.8 Å². The molecule has 1 aromatic heterocycles. The maximum atomic E-state index is 4.96. The Labute approximate surface area is 141 Å². The molecule has 2 rings (SSSR count). The monoisotopic (exact) mass is 333 g/mol. The molecule has 23 heavy (non-hydrogen) atoms. The molecule has 0 spiro atoms. The lowest BCUT2D eigenvalue weighted by Gasteiger charge is -2.11. The highest BCUT2D eigenvalue weighted by atomic mass is 32.2. The fourth-order valence-corrected chi connectivity index (χ4v) is 2.76. The Kier molecular flexibility index (Phi) is 6.46. The summed E-state index contributed by atoms with van der Waals surface area (Å²) in [6, 6.07) is 6.45. The first-order valence-electron chi connectivity index (χ1n) is 7.57. The van der Waals surface area contributed by atoms with E-state index in [4.69, 9.17) is 4.52 Å². The third-order valence-corrected chi connectivity index (χ3v) is 4.00. The summed E-state index contributed by atoms with van der Waals surface area (Å²) in [6.07, 6.45) is 2.09. The Bertz CT molecular complexity index is 668. The van der Waals surface area contributed by atoms with Gasteiger partial charge in [0.05, 0.1) is 13.1 Å². The molecule has 0 atom stereocenters. The number of nitrogens with one attached hydrogen (secondary N) is 2. The van der Waals surface area contributed by atoms with E-state index in [2.05, 4.69) is 57.1 Å². The third kappa shape index (κ3) is 5.28. The van der Waals surface area contributed by atoms with Crippen molar-refractivity contribution in [3.05, 3.63) is 41.0 Å². The number of aromatic nitrogens is 2. The quantitative estimate of drug-likeness (QED) is 0.481. The second-order valence-corrected chi connectivity index (χ2v) is 5.94. The molecule has 2 aromatic rings. The van der Waals surface area contributed by atoms with Crippen LogP contribution in [0.2, 0.25) is 0 Å². The van der Waals surface area contributed by atoms with Crippen LogP contribution < -0.4 is 10.6 Å². The van der Waals surface area contributed by atoms with Crippen LogP contribution in [0.5, 0.6) is 0 Å². The smallest absolute Gasteiger partial charge is 0.223 e. The predicted octanol–water partition coefficient (Wildman–Crippen LogP) is 2.66. The van der Waals surface area contributed by atoms with Crippen LogP contribution in [-0.4, -0.2) is 28.9 Å². The van der Waals surface area contributed by atoms with Crippen molar-refractivity contribution in [3.63, 3.8) is 0 Å². The molecule has 0 saturated carbocycles. The fraction of sp³-hybridized carbons (Fsp3) is 0.438. The molecule has 0 fully saturated rings. The van der Waals surface area contributed by atoms with Gasteiger partial charge in [-0.3, -0.25) is 0 Å². The van der Waals surface area contributed by atoms with Gasteiger partial charge in [0.1, 0.15) is 0 Å². The summed E-state index contributed by atoms with van der Waals surface area (Å²) in [7, 11) is 0. The average molecular weight is 333 g/mol. The summed E-state index contributed by atoms with van der Waals surface area (Å²) in [6.45, 7) is 7.81. The van der Waals surface area contributed by atoms with E-state index < -0.39 is 0 Å². The Morgan fingerprint density at radius 1 is 1.30 bits per heavy atom. The van der Waals surface area contributed by atoms with Crippen molar-refractivity contribution in [2.75, 3.05) is 12.8 Å². The van der Waals surface area contributed by atoms with E-state index >= 15 is 0 Å². The van der Waals surface area contributed by atoms with Gasteiger partial charge >= 0.3 is 0 Å². The van der Waals surface area contributed by atoms with Gasteiger partial charge in [0.2, 0.25) is 5.89 Å². The van der Waals surface area contributed by atoms with E-state index in [1.165, 1.54) is 16.0 Å². The number of benzene rings is 1. The predicted molar refractivity (Wildman–Crippen MR) is 93.7 cm³/mol. The van der Waals surface area contributed by atoms with Crippen LogP contribution in [0.25, 0.3) is 0 Å². The number of aryl methyl sites for hydroxylation is 2. The number of aliphatic imine (C=N–C) groups is 1. The van der Waals surface area contributed by atoms with Gasteiger partial charge in [0, 0.05) is 18.4 Å².